The predicted octanol–water partition coefficient (Wildman–Crippen LogP) is 3.96. The summed E-state index contributed by atoms with van der Waals surface area (Å²) in [4.78, 5) is 18.9. The zero-order valence-electron chi connectivity index (χ0n) is 15.7. The molecule has 0 aliphatic rings. The van der Waals surface area contributed by atoms with Crippen LogP contribution in [0.2, 0.25) is 0 Å². The Morgan fingerprint density at radius 3 is 2.30 bits per heavy atom. The molecule has 0 aliphatic carbocycles. The number of carbonyl (C=O) groups excluding carboxylic acids is 1. The first kappa shape index (κ1) is 20.9. The van der Waals surface area contributed by atoms with Crippen molar-refractivity contribution in [3.63, 3.8) is 0 Å². The number of likely N-dealkylation sites (N-methyl/N-ethyl adjacent to an activating group) is 1. The van der Waals surface area contributed by atoms with Gasteiger partial charge < -0.3 is 10.6 Å². The van der Waals surface area contributed by atoms with E-state index in [-0.39, 0.29) is 11.9 Å². The third-order valence-corrected chi connectivity index (χ3v) is 4.53. The van der Waals surface area contributed by atoms with Crippen LogP contribution in [0.1, 0.15) is 46.7 Å². The highest BCUT2D eigenvalue weighted by Gasteiger charge is 2.30. The molecule has 2 rings (SSSR count). The van der Waals surface area contributed by atoms with Gasteiger partial charge >= 0.3 is 6.18 Å². The lowest BCUT2D eigenvalue weighted by molar-refractivity contribution is -0.137. The number of rotatable bonds is 6. The monoisotopic (exact) mass is 379 g/mol. The van der Waals surface area contributed by atoms with Gasteiger partial charge in [-0.25, -0.2) is 0 Å². The SMILES string of the molecule is CCN(C(=O)c1ccc(CN)nc1C)C(C)Cc1ccc(C(F)(F)F)cc1. The van der Waals surface area contributed by atoms with Crippen LogP contribution < -0.4 is 5.73 Å². The maximum absolute atomic E-state index is 12.9. The minimum Gasteiger partial charge on any atom is -0.336 e. The predicted molar refractivity (Wildman–Crippen MR) is 98.2 cm³/mol. The lowest BCUT2D eigenvalue weighted by Crippen LogP contribution is -2.40. The van der Waals surface area contributed by atoms with Crippen LogP contribution in [0.15, 0.2) is 36.4 Å². The van der Waals surface area contributed by atoms with Crippen LogP contribution in [0.4, 0.5) is 13.2 Å². The molecule has 1 unspecified atom stereocenters. The van der Waals surface area contributed by atoms with E-state index in [9.17, 15) is 18.0 Å². The van der Waals surface area contributed by atoms with Gasteiger partial charge in [-0.2, -0.15) is 13.2 Å². The Labute approximate surface area is 157 Å². The first-order valence-corrected chi connectivity index (χ1v) is 8.81. The molecule has 1 atom stereocenters. The molecule has 0 fully saturated rings. The summed E-state index contributed by atoms with van der Waals surface area (Å²) in [6, 6.07) is 8.34. The van der Waals surface area contributed by atoms with Gasteiger partial charge in [0.05, 0.1) is 22.5 Å². The van der Waals surface area contributed by atoms with E-state index in [1.165, 1.54) is 12.1 Å². The molecule has 1 aromatic heterocycles. The van der Waals surface area contributed by atoms with Crippen molar-refractivity contribution < 1.29 is 18.0 Å². The first-order chi connectivity index (χ1) is 12.7. The summed E-state index contributed by atoms with van der Waals surface area (Å²) in [6.07, 6.45) is -3.89. The van der Waals surface area contributed by atoms with E-state index in [1.54, 1.807) is 24.0 Å². The maximum atomic E-state index is 12.9. The van der Waals surface area contributed by atoms with Gasteiger partial charge in [0.2, 0.25) is 0 Å². The van der Waals surface area contributed by atoms with Crippen molar-refractivity contribution in [1.29, 1.82) is 0 Å². The molecule has 0 saturated carbocycles. The van der Waals surface area contributed by atoms with Crippen molar-refractivity contribution in [1.82, 2.24) is 9.88 Å². The van der Waals surface area contributed by atoms with Crippen molar-refractivity contribution >= 4 is 5.91 Å². The van der Waals surface area contributed by atoms with Crippen molar-refractivity contribution in [2.45, 2.75) is 46.0 Å². The number of hydrogen-bond donors (Lipinski definition) is 1. The Morgan fingerprint density at radius 2 is 1.81 bits per heavy atom. The Morgan fingerprint density at radius 1 is 1.19 bits per heavy atom. The summed E-state index contributed by atoms with van der Waals surface area (Å²) in [5.74, 6) is -0.148. The number of carbonyl (C=O) groups is 1. The van der Waals surface area contributed by atoms with Crippen LogP contribution in [-0.2, 0) is 19.1 Å². The molecule has 146 valence electrons. The molecule has 0 aliphatic heterocycles. The molecule has 0 saturated heterocycles. The van der Waals surface area contributed by atoms with Crippen molar-refractivity contribution in [3.8, 4) is 0 Å². The van der Waals surface area contributed by atoms with Crippen molar-refractivity contribution in [2.75, 3.05) is 6.54 Å². The maximum Gasteiger partial charge on any atom is 0.416 e. The number of nitrogens with two attached hydrogens (primary N) is 1. The number of halogens is 3. The van der Waals surface area contributed by atoms with Crippen LogP contribution >= 0.6 is 0 Å². The zero-order valence-corrected chi connectivity index (χ0v) is 15.7. The summed E-state index contributed by atoms with van der Waals surface area (Å²) < 4.78 is 38.1. The highest BCUT2D eigenvalue weighted by molar-refractivity contribution is 5.95. The van der Waals surface area contributed by atoms with E-state index in [2.05, 4.69) is 4.98 Å². The fraction of sp³-hybridized carbons (Fsp3) is 0.400. The van der Waals surface area contributed by atoms with E-state index < -0.39 is 11.7 Å². The topological polar surface area (TPSA) is 59.2 Å². The fourth-order valence-electron chi connectivity index (χ4n) is 3.04. The first-order valence-electron chi connectivity index (χ1n) is 8.81. The molecule has 4 nitrogen and oxygen atoms in total. The molecule has 27 heavy (non-hydrogen) atoms. The second-order valence-electron chi connectivity index (χ2n) is 6.48. The molecule has 1 heterocycles. The van der Waals surface area contributed by atoms with E-state index in [1.807, 2.05) is 13.8 Å². The van der Waals surface area contributed by atoms with Crippen LogP contribution in [0.25, 0.3) is 0 Å². The highest BCUT2D eigenvalue weighted by atomic mass is 19.4. The van der Waals surface area contributed by atoms with Crippen molar-refractivity contribution in [2.24, 2.45) is 5.73 Å². The van der Waals surface area contributed by atoms with Gasteiger partial charge in [0.1, 0.15) is 0 Å². The summed E-state index contributed by atoms with van der Waals surface area (Å²) >= 11 is 0. The van der Waals surface area contributed by atoms with Crippen LogP contribution in [0.3, 0.4) is 0 Å². The number of hydrogen-bond acceptors (Lipinski definition) is 3. The Kier molecular flexibility index (Phi) is 6.59. The Hall–Kier alpha value is -2.41. The lowest BCUT2D eigenvalue weighted by atomic mass is 10.0. The molecule has 2 aromatic rings. The Balaban J connectivity index is 2.15. The van der Waals surface area contributed by atoms with Crippen LogP contribution in [-0.4, -0.2) is 28.4 Å². The zero-order chi connectivity index (χ0) is 20.2. The number of aryl methyl sites for hydroxylation is 1. The van der Waals surface area contributed by atoms with Gasteiger partial charge in [0.15, 0.2) is 0 Å². The molecule has 7 heteroatoms. The van der Waals surface area contributed by atoms with E-state index in [0.717, 1.165) is 17.7 Å². The summed E-state index contributed by atoms with van der Waals surface area (Å²) in [5, 5.41) is 0. The van der Waals surface area contributed by atoms with Crippen LogP contribution in [0, 0.1) is 6.92 Å². The highest BCUT2D eigenvalue weighted by Crippen LogP contribution is 2.29. The van der Waals surface area contributed by atoms with Gasteiger partial charge in [-0.1, -0.05) is 12.1 Å². The number of pyridine rings is 1. The van der Waals surface area contributed by atoms with E-state index >= 15 is 0 Å². The molecular formula is C20H24F3N3O. The van der Waals surface area contributed by atoms with Crippen LogP contribution in [0.5, 0.6) is 0 Å². The summed E-state index contributed by atoms with van der Waals surface area (Å²) in [5.41, 5.74) is 7.48. The number of benzene rings is 1. The lowest BCUT2D eigenvalue weighted by Gasteiger charge is -2.29. The molecule has 2 N–H and O–H groups in total. The third-order valence-electron chi connectivity index (χ3n) is 4.53. The Bertz CT molecular complexity index is 788. The largest absolute Gasteiger partial charge is 0.416 e. The van der Waals surface area contributed by atoms with Gasteiger partial charge in [0.25, 0.3) is 5.91 Å². The van der Waals surface area contributed by atoms with E-state index in [4.69, 9.17) is 5.73 Å². The standard InChI is InChI=1S/C20H24F3N3O/c1-4-26(19(27)18-10-9-17(12-24)25-14(18)3)13(2)11-15-5-7-16(8-6-15)20(21,22)23/h5-10,13H,4,11-12,24H2,1-3H3. The number of aromatic nitrogens is 1. The third kappa shape index (κ3) is 5.07. The average Bonchev–Trinajstić information content (AvgIpc) is 2.61. The molecule has 0 bridgehead atoms. The van der Waals surface area contributed by atoms with E-state index in [0.29, 0.717) is 36.5 Å². The normalized spacial score (nSPS) is 12.7. The summed E-state index contributed by atoms with van der Waals surface area (Å²) in [6.45, 7) is 6.31. The minimum absolute atomic E-state index is 0.148. The smallest absolute Gasteiger partial charge is 0.336 e. The van der Waals surface area contributed by atoms with Crippen molar-refractivity contribution in [3.05, 3.63) is 64.5 Å². The number of amides is 1. The van der Waals surface area contributed by atoms with Gasteiger partial charge in [-0.15, -0.1) is 0 Å². The molecule has 0 spiro atoms. The van der Waals surface area contributed by atoms with Gasteiger partial charge in [0, 0.05) is 19.1 Å². The molecule has 0 radical (unpaired) electrons. The second kappa shape index (κ2) is 8.52. The quantitative estimate of drug-likeness (QED) is 0.826. The molecule has 1 amide bonds. The average molecular weight is 379 g/mol. The molecular weight excluding hydrogens is 355 g/mol. The van der Waals surface area contributed by atoms with Gasteiger partial charge in [-0.05, 0) is 57.0 Å². The van der Waals surface area contributed by atoms with Gasteiger partial charge in [-0.3, -0.25) is 9.78 Å². The molecule has 1 aromatic carbocycles. The summed E-state index contributed by atoms with van der Waals surface area (Å²) in [7, 11) is 0. The second-order valence-corrected chi connectivity index (χ2v) is 6.48. The minimum atomic E-state index is -4.35. The fourth-order valence-corrected chi connectivity index (χ4v) is 3.04. The number of nitrogens with zero attached hydrogens (tertiary/aromatic N) is 2. The number of alkyl halides is 3.